The summed E-state index contributed by atoms with van der Waals surface area (Å²) in [5.41, 5.74) is 12.4. The van der Waals surface area contributed by atoms with Gasteiger partial charge in [-0.1, -0.05) is 11.6 Å². The zero-order valence-corrected chi connectivity index (χ0v) is 18.6. The van der Waals surface area contributed by atoms with E-state index >= 15 is 0 Å². The average molecular weight is 481 g/mol. The lowest BCUT2D eigenvalue weighted by Crippen LogP contribution is -2.30. The number of nitrogens with zero attached hydrogens (tertiary/aromatic N) is 6. The minimum atomic E-state index is -0.651. The Balaban J connectivity index is 1.79. The molecular weight excluding hydrogens is 463 g/mol. The number of nitriles is 1. The summed E-state index contributed by atoms with van der Waals surface area (Å²) in [5, 5.41) is 19.6. The lowest BCUT2D eigenvalue weighted by Gasteiger charge is -2.23. The molecule has 6 N–H and O–H groups in total. The number of rotatable bonds is 5. The normalized spacial score (nSPS) is 14.2. The quantitative estimate of drug-likeness (QED) is 0.334. The minimum absolute atomic E-state index is 0.00667. The molecule has 0 bridgehead atoms. The van der Waals surface area contributed by atoms with Crippen molar-refractivity contribution in [3.8, 4) is 11.8 Å². The summed E-state index contributed by atoms with van der Waals surface area (Å²) in [4.78, 5) is 26.3. The molecule has 0 saturated heterocycles. The van der Waals surface area contributed by atoms with Crippen LogP contribution < -0.4 is 22.3 Å². The zero-order valence-electron chi connectivity index (χ0n) is 17.8. The molecule has 1 fully saturated rings. The topological polar surface area (TPSA) is 177 Å². The van der Waals surface area contributed by atoms with Gasteiger partial charge in [0.2, 0.25) is 5.95 Å². The van der Waals surface area contributed by atoms with Gasteiger partial charge in [-0.05, 0) is 37.8 Å². The molecule has 4 aromatic rings. The van der Waals surface area contributed by atoms with E-state index in [1.165, 1.54) is 10.8 Å². The number of aromatic amines is 1. The number of halogens is 2. The summed E-state index contributed by atoms with van der Waals surface area (Å²) >= 11 is 6.28. The molecule has 34 heavy (non-hydrogen) atoms. The van der Waals surface area contributed by atoms with Crippen LogP contribution in [0.1, 0.15) is 36.0 Å². The summed E-state index contributed by atoms with van der Waals surface area (Å²) in [6, 6.07) is 3.61. The van der Waals surface area contributed by atoms with E-state index in [4.69, 9.17) is 28.1 Å². The van der Waals surface area contributed by atoms with E-state index in [0.717, 1.165) is 25.0 Å². The molecule has 0 spiro atoms. The molecule has 11 nitrogen and oxygen atoms in total. The van der Waals surface area contributed by atoms with Gasteiger partial charge in [-0.25, -0.2) is 9.37 Å². The number of nitrogens with one attached hydrogen (secondary N) is 2. The van der Waals surface area contributed by atoms with Gasteiger partial charge in [0.05, 0.1) is 39.5 Å². The van der Waals surface area contributed by atoms with E-state index in [0.29, 0.717) is 17.2 Å². The summed E-state index contributed by atoms with van der Waals surface area (Å²) in [6.07, 6.45) is 3.16. The van der Waals surface area contributed by atoms with Gasteiger partial charge in [-0.2, -0.15) is 20.3 Å². The molecule has 0 aliphatic heterocycles. The Bertz CT molecular complexity index is 1550. The maximum atomic E-state index is 14.1. The first kappa shape index (κ1) is 21.6. The molecule has 1 aromatic carbocycles. The fourth-order valence-corrected chi connectivity index (χ4v) is 4.17. The Hall–Kier alpha value is -4.24. The highest BCUT2D eigenvalue weighted by Gasteiger charge is 2.37. The third kappa shape index (κ3) is 3.56. The number of fused-ring (bicyclic) bond motifs is 1. The van der Waals surface area contributed by atoms with Crippen molar-refractivity contribution in [1.29, 1.82) is 5.26 Å². The van der Waals surface area contributed by atoms with Gasteiger partial charge in [0.25, 0.3) is 5.56 Å². The summed E-state index contributed by atoms with van der Waals surface area (Å²) in [5.74, 6) is -0.341. The van der Waals surface area contributed by atoms with Crippen LogP contribution in [0, 0.1) is 30.0 Å². The molecule has 1 aliphatic carbocycles. The van der Waals surface area contributed by atoms with E-state index < -0.39 is 17.4 Å². The maximum Gasteiger partial charge on any atom is 0.266 e. The molecule has 0 radical (unpaired) electrons. The Morgan fingerprint density at radius 2 is 2.09 bits per heavy atom. The predicted molar refractivity (Wildman–Crippen MR) is 124 cm³/mol. The second-order valence-corrected chi connectivity index (χ2v) is 8.44. The largest absolute Gasteiger partial charge is 0.382 e. The number of benzene rings is 1. The van der Waals surface area contributed by atoms with Crippen molar-refractivity contribution in [2.24, 2.45) is 5.92 Å². The highest BCUT2D eigenvalue weighted by atomic mass is 35.5. The van der Waals surface area contributed by atoms with Crippen LogP contribution in [0.15, 0.2) is 23.1 Å². The van der Waals surface area contributed by atoms with Crippen molar-refractivity contribution in [2.75, 3.05) is 16.8 Å². The fourth-order valence-electron chi connectivity index (χ4n) is 3.92. The van der Waals surface area contributed by atoms with Gasteiger partial charge in [0, 0.05) is 0 Å². The van der Waals surface area contributed by atoms with Crippen LogP contribution in [-0.2, 0) is 0 Å². The van der Waals surface area contributed by atoms with Gasteiger partial charge in [0.15, 0.2) is 5.82 Å². The van der Waals surface area contributed by atoms with Gasteiger partial charge in [-0.3, -0.25) is 14.5 Å². The highest BCUT2D eigenvalue weighted by Crippen LogP contribution is 2.43. The SMILES string of the molecule is Cc1[nH]ncc1-n1c(C(Nc2nc(N)nc(N)c2C#N)C2CC2)nc2c(Cl)cc(F)cc2c1=O. The van der Waals surface area contributed by atoms with Crippen LogP contribution in [0.5, 0.6) is 0 Å². The molecule has 3 heterocycles. The van der Waals surface area contributed by atoms with Crippen molar-refractivity contribution < 1.29 is 4.39 Å². The van der Waals surface area contributed by atoms with Crippen LogP contribution in [0.25, 0.3) is 16.6 Å². The van der Waals surface area contributed by atoms with E-state index in [2.05, 4.69) is 25.5 Å². The molecule has 1 aliphatic rings. The number of aromatic nitrogens is 6. The monoisotopic (exact) mass is 480 g/mol. The molecule has 1 saturated carbocycles. The molecule has 3 aromatic heterocycles. The number of nitrogen functional groups attached to an aromatic ring is 2. The lowest BCUT2D eigenvalue weighted by atomic mass is 10.1. The fraction of sp³-hybridized carbons (Fsp3) is 0.238. The van der Waals surface area contributed by atoms with E-state index in [-0.39, 0.29) is 45.0 Å². The van der Waals surface area contributed by atoms with E-state index in [1.807, 2.05) is 6.07 Å². The maximum absolute atomic E-state index is 14.1. The molecular formula is C21H18ClFN10O. The van der Waals surface area contributed by atoms with Crippen LogP contribution in [0.4, 0.5) is 22.0 Å². The van der Waals surface area contributed by atoms with Crippen LogP contribution in [0.2, 0.25) is 5.02 Å². The summed E-state index contributed by atoms with van der Waals surface area (Å²) in [7, 11) is 0. The second kappa shape index (κ2) is 7.96. The number of anilines is 3. The number of hydrogen-bond donors (Lipinski definition) is 4. The van der Waals surface area contributed by atoms with E-state index in [9.17, 15) is 14.4 Å². The third-order valence-corrected chi connectivity index (χ3v) is 5.98. The van der Waals surface area contributed by atoms with Gasteiger partial charge < -0.3 is 16.8 Å². The molecule has 1 atom stereocenters. The van der Waals surface area contributed by atoms with Crippen molar-refractivity contribution in [3.63, 3.8) is 0 Å². The van der Waals surface area contributed by atoms with Crippen molar-refractivity contribution in [2.45, 2.75) is 25.8 Å². The highest BCUT2D eigenvalue weighted by molar-refractivity contribution is 6.35. The number of aryl methyl sites for hydroxylation is 1. The van der Waals surface area contributed by atoms with Crippen LogP contribution in [-0.4, -0.2) is 29.7 Å². The second-order valence-electron chi connectivity index (χ2n) is 8.04. The molecule has 1 unspecified atom stereocenters. The minimum Gasteiger partial charge on any atom is -0.382 e. The van der Waals surface area contributed by atoms with Crippen molar-refractivity contribution >= 4 is 40.1 Å². The number of hydrogen-bond acceptors (Lipinski definition) is 9. The molecule has 0 amide bonds. The number of H-pyrrole nitrogens is 1. The molecule has 5 rings (SSSR count). The summed E-state index contributed by atoms with van der Waals surface area (Å²) in [6.45, 7) is 1.75. The first-order valence-electron chi connectivity index (χ1n) is 10.3. The smallest absolute Gasteiger partial charge is 0.266 e. The molecule has 13 heteroatoms. The van der Waals surface area contributed by atoms with Gasteiger partial charge in [0.1, 0.15) is 29.1 Å². The lowest BCUT2D eigenvalue weighted by molar-refractivity contribution is 0.606. The van der Waals surface area contributed by atoms with Crippen molar-refractivity contribution in [3.05, 3.63) is 56.6 Å². The molecule has 172 valence electrons. The Labute approximate surface area is 196 Å². The predicted octanol–water partition coefficient (Wildman–Crippen LogP) is 2.60. The van der Waals surface area contributed by atoms with Crippen LogP contribution in [0.3, 0.4) is 0 Å². The van der Waals surface area contributed by atoms with Crippen LogP contribution >= 0.6 is 11.6 Å². The zero-order chi connectivity index (χ0) is 24.1. The average Bonchev–Trinajstić information content (AvgIpc) is 3.53. The number of nitrogens with two attached hydrogens (primary N) is 2. The van der Waals surface area contributed by atoms with E-state index in [1.54, 1.807) is 6.92 Å². The Morgan fingerprint density at radius 3 is 2.74 bits per heavy atom. The third-order valence-electron chi connectivity index (χ3n) is 5.69. The Kier molecular flexibility index (Phi) is 5.06. The standard InChI is InChI=1S/C21H18ClFN10O/c1-8-14(7-27-32-8)33-19(29-16-11(20(33)34)4-10(23)5-13(16)22)15(9-2-3-9)28-18-12(6-24)17(25)30-21(26)31-18/h4-5,7,9,15H,2-3H2,1H3,(H,27,32)(H5,25,26,28,30,31). The van der Waals surface area contributed by atoms with Crippen molar-refractivity contribution in [1.82, 2.24) is 29.7 Å². The Morgan fingerprint density at radius 1 is 1.32 bits per heavy atom. The van der Waals surface area contributed by atoms with Gasteiger partial charge >= 0.3 is 0 Å². The first-order chi connectivity index (χ1) is 16.3. The summed E-state index contributed by atoms with van der Waals surface area (Å²) < 4.78 is 15.5. The van der Waals surface area contributed by atoms with Gasteiger partial charge in [-0.15, -0.1) is 0 Å². The first-order valence-corrected chi connectivity index (χ1v) is 10.7.